The van der Waals surface area contributed by atoms with Gasteiger partial charge in [0.15, 0.2) is 0 Å². The zero-order valence-electron chi connectivity index (χ0n) is 18.1. The number of halogens is 3. The van der Waals surface area contributed by atoms with Crippen LogP contribution in [-0.4, -0.2) is 0 Å². The number of hydrogen-bond acceptors (Lipinski definition) is 2. The van der Waals surface area contributed by atoms with E-state index in [-0.39, 0.29) is 0 Å². The first-order valence-electron chi connectivity index (χ1n) is 10.5. The molecule has 0 bridgehead atoms. The maximum absolute atomic E-state index is 6.47. The molecule has 4 rings (SSSR count). The van der Waals surface area contributed by atoms with E-state index in [0.717, 1.165) is 33.9 Å². The minimum Gasteiger partial charge on any atom is -0.359 e. The van der Waals surface area contributed by atoms with Crippen molar-refractivity contribution in [2.24, 2.45) is 11.8 Å². The summed E-state index contributed by atoms with van der Waals surface area (Å²) in [5.74, 6) is 1.10. The topological polar surface area (TPSA) is 24.1 Å². The van der Waals surface area contributed by atoms with Crippen molar-refractivity contribution in [2.75, 3.05) is 10.6 Å². The molecule has 2 N–H and O–H groups in total. The second-order valence-electron chi connectivity index (χ2n) is 8.43. The van der Waals surface area contributed by atoms with E-state index >= 15 is 0 Å². The van der Waals surface area contributed by atoms with Crippen LogP contribution in [0.25, 0.3) is 5.70 Å². The van der Waals surface area contributed by atoms with Crippen molar-refractivity contribution < 1.29 is 0 Å². The van der Waals surface area contributed by atoms with Gasteiger partial charge in [0.2, 0.25) is 0 Å². The first kappa shape index (κ1) is 22.8. The number of anilines is 2. The number of benzene rings is 3. The van der Waals surface area contributed by atoms with Crippen LogP contribution in [0.2, 0.25) is 15.1 Å². The fourth-order valence-electron chi connectivity index (χ4n) is 4.26. The molecule has 3 aromatic rings. The van der Waals surface area contributed by atoms with Crippen LogP contribution in [0.4, 0.5) is 11.4 Å². The molecule has 1 saturated carbocycles. The molecule has 2 nitrogen and oxygen atoms in total. The molecular weight excluding hydrogens is 459 g/mol. The molecule has 5 heteroatoms. The number of hydrogen-bond donors (Lipinski definition) is 2. The van der Waals surface area contributed by atoms with E-state index < -0.39 is 0 Å². The minimum atomic E-state index is 0.303. The molecule has 1 aliphatic carbocycles. The van der Waals surface area contributed by atoms with E-state index in [0.29, 0.717) is 32.8 Å². The summed E-state index contributed by atoms with van der Waals surface area (Å²) in [7, 11) is 0. The summed E-state index contributed by atoms with van der Waals surface area (Å²) in [4.78, 5) is 0. The van der Waals surface area contributed by atoms with E-state index in [4.69, 9.17) is 34.8 Å². The summed E-state index contributed by atoms with van der Waals surface area (Å²) in [5, 5.41) is 8.76. The van der Waals surface area contributed by atoms with Gasteiger partial charge in [-0.1, -0.05) is 72.6 Å². The highest BCUT2D eigenvalue weighted by molar-refractivity contribution is 6.34. The Kier molecular flexibility index (Phi) is 6.57. The highest BCUT2D eigenvalue weighted by Crippen LogP contribution is 2.57. The molecule has 0 aromatic heterocycles. The Bertz CT molecular complexity index is 1160. The summed E-state index contributed by atoms with van der Waals surface area (Å²) < 4.78 is 0. The molecule has 164 valence electrons. The lowest BCUT2D eigenvalue weighted by atomic mass is 10.1. The third-order valence-electron chi connectivity index (χ3n) is 5.99. The van der Waals surface area contributed by atoms with Crippen LogP contribution < -0.4 is 10.6 Å². The van der Waals surface area contributed by atoms with Crippen LogP contribution in [0.3, 0.4) is 0 Å². The number of nitrogens with one attached hydrogen (secondary N) is 2. The summed E-state index contributed by atoms with van der Waals surface area (Å²) in [6, 6.07) is 19.7. The largest absolute Gasteiger partial charge is 0.359 e. The number of allylic oxidation sites excluding steroid dienone is 1. The molecule has 1 fully saturated rings. The SMILES string of the molecule is C=C(Nc1ccc(C)cc1)c1cc(NC(=C)C2C(C)C2c2cc(Cl)cc(Cl)c2)ccc1Cl. The molecule has 0 aliphatic heterocycles. The Morgan fingerprint density at radius 3 is 2.09 bits per heavy atom. The van der Waals surface area contributed by atoms with E-state index in [9.17, 15) is 0 Å². The maximum Gasteiger partial charge on any atom is 0.0500 e. The molecule has 0 saturated heterocycles. The second-order valence-corrected chi connectivity index (χ2v) is 9.71. The van der Waals surface area contributed by atoms with Crippen molar-refractivity contribution in [2.45, 2.75) is 19.8 Å². The van der Waals surface area contributed by atoms with Crippen molar-refractivity contribution in [1.82, 2.24) is 0 Å². The lowest BCUT2D eigenvalue weighted by molar-refractivity contribution is 0.861. The average molecular weight is 484 g/mol. The van der Waals surface area contributed by atoms with Crippen molar-refractivity contribution in [1.29, 1.82) is 0 Å². The zero-order valence-corrected chi connectivity index (χ0v) is 20.3. The average Bonchev–Trinajstić information content (AvgIpc) is 3.41. The van der Waals surface area contributed by atoms with Gasteiger partial charge < -0.3 is 10.6 Å². The van der Waals surface area contributed by atoms with Crippen LogP contribution in [-0.2, 0) is 0 Å². The van der Waals surface area contributed by atoms with Gasteiger partial charge in [0.1, 0.15) is 0 Å². The molecule has 0 heterocycles. The van der Waals surface area contributed by atoms with Gasteiger partial charge in [-0.2, -0.15) is 0 Å². The molecule has 32 heavy (non-hydrogen) atoms. The first-order valence-corrected chi connectivity index (χ1v) is 11.6. The van der Waals surface area contributed by atoms with Gasteiger partial charge in [-0.05, 0) is 72.9 Å². The van der Waals surface area contributed by atoms with Gasteiger partial charge in [0, 0.05) is 44.3 Å². The van der Waals surface area contributed by atoms with Crippen LogP contribution in [0.1, 0.15) is 29.5 Å². The zero-order chi connectivity index (χ0) is 23.0. The monoisotopic (exact) mass is 482 g/mol. The molecule has 1 aliphatic rings. The summed E-state index contributed by atoms with van der Waals surface area (Å²) in [5.41, 5.74) is 6.78. The van der Waals surface area contributed by atoms with Crippen LogP contribution in [0, 0.1) is 18.8 Å². The Labute approximate surface area is 204 Å². The van der Waals surface area contributed by atoms with Gasteiger partial charge >= 0.3 is 0 Å². The molecule has 0 spiro atoms. The smallest absolute Gasteiger partial charge is 0.0500 e. The Morgan fingerprint density at radius 2 is 1.44 bits per heavy atom. The van der Waals surface area contributed by atoms with Gasteiger partial charge in [0.25, 0.3) is 0 Å². The Balaban J connectivity index is 1.47. The summed E-state index contributed by atoms with van der Waals surface area (Å²) >= 11 is 18.9. The third kappa shape index (κ3) is 4.99. The minimum absolute atomic E-state index is 0.303. The fourth-order valence-corrected chi connectivity index (χ4v) is 5.03. The standard InChI is InChI=1S/C27H25Cl3N2/c1-15-5-7-22(8-6-15)31-17(3)24-14-23(9-10-25(24)30)32-18(4)26-16(2)27(26)19-11-20(28)13-21(29)12-19/h5-14,16,26-27,31-32H,3-4H2,1-2H3. The quantitative estimate of drug-likeness (QED) is 0.350. The molecule has 3 unspecified atom stereocenters. The van der Waals surface area contributed by atoms with E-state index in [1.54, 1.807) is 6.07 Å². The first-order chi connectivity index (χ1) is 15.2. The van der Waals surface area contributed by atoms with Crippen molar-refractivity contribution >= 4 is 51.9 Å². The fraction of sp³-hybridized carbons (Fsp3) is 0.185. The van der Waals surface area contributed by atoms with Crippen LogP contribution >= 0.6 is 34.8 Å². The lowest BCUT2D eigenvalue weighted by Gasteiger charge is -2.15. The molecule has 3 aromatic carbocycles. The molecule has 0 amide bonds. The maximum atomic E-state index is 6.47. The van der Waals surface area contributed by atoms with Crippen molar-refractivity contribution in [3.05, 3.63) is 111 Å². The Hall–Kier alpha value is -2.39. The van der Waals surface area contributed by atoms with Gasteiger partial charge in [-0.3, -0.25) is 0 Å². The predicted octanol–water partition coefficient (Wildman–Crippen LogP) is 9.01. The highest BCUT2D eigenvalue weighted by atomic mass is 35.5. The van der Waals surface area contributed by atoms with Crippen molar-refractivity contribution in [3.63, 3.8) is 0 Å². The van der Waals surface area contributed by atoms with Gasteiger partial charge in [-0.25, -0.2) is 0 Å². The van der Waals surface area contributed by atoms with Crippen LogP contribution in [0.5, 0.6) is 0 Å². The van der Waals surface area contributed by atoms with E-state index in [2.05, 4.69) is 49.8 Å². The van der Waals surface area contributed by atoms with Crippen LogP contribution in [0.15, 0.2) is 79.5 Å². The predicted molar refractivity (Wildman–Crippen MR) is 140 cm³/mol. The van der Waals surface area contributed by atoms with Gasteiger partial charge in [0.05, 0.1) is 5.02 Å². The van der Waals surface area contributed by atoms with Crippen molar-refractivity contribution in [3.8, 4) is 0 Å². The highest BCUT2D eigenvalue weighted by Gasteiger charge is 2.49. The summed E-state index contributed by atoms with van der Waals surface area (Å²) in [6.45, 7) is 12.8. The number of rotatable bonds is 7. The summed E-state index contributed by atoms with van der Waals surface area (Å²) in [6.07, 6.45) is 0. The normalized spacial score (nSPS) is 19.3. The Morgan fingerprint density at radius 1 is 0.812 bits per heavy atom. The second kappa shape index (κ2) is 9.23. The molecule has 3 atom stereocenters. The number of aryl methyl sites for hydroxylation is 1. The van der Waals surface area contributed by atoms with E-state index in [1.165, 1.54) is 5.56 Å². The van der Waals surface area contributed by atoms with Gasteiger partial charge in [-0.15, -0.1) is 0 Å². The molecular formula is C27H25Cl3N2. The lowest BCUT2D eigenvalue weighted by Crippen LogP contribution is -2.04. The molecule has 0 radical (unpaired) electrons. The third-order valence-corrected chi connectivity index (χ3v) is 6.76. The van der Waals surface area contributed by atoms with E-state index in [1.807, 2.05) is 42.5 Å².